The van der Waals surface area contributed by atoms with Gasteiger partial charge in [0, 0.05) is 29.3 Å². The van der Waals surface area contributed by atoms with E-state index in [0.717, 1.165) is 16.6 Å². The first-order valence-corrected chi connectivity index (χ1v) is 7.19. The van der Waals surface area contributed by atoms with E-state index in [0.29, 0.717) is 13.1 Å². The zero-order valence-corrected chi connectivity index (χ0v) is 12.8. The molecule has 19 heavy (non-hydrogen) atoms. The van der Waals surface area contributed by atoms with Crippen molar-refractivity contribution in [2.24, 2.45) is 0 Å². The second-order valence-corrected chi connectivity index (χ2v) is 6.37. The number of nitrogens with zero attached hydrogens (tertiary/aromatic N) is 1. The maximum absolute atomic E-state index is 12.0. The molecule has 2 N–H and O–H groups in total. The van der Waals surface area contributed by atoms with Crippen LogP contribution in [0, 0.1) is 0 Å². The first-order valence-electron chi connectivity index (χ1n) is 6.40. The molecule has 5 heteroatoms. The minimum absolute atomic E-state index is 0.203. The molecule has 1 aromatic carbocycles. The number of hydrogen-bond acceptors (Lipinski definition) is 3. The van der Waals surface area contributed by atoms with Crippen molar-refractivity contribution in [3.05, 3.63) is 28.7 Å². The van der Waals surface area contributed by atoms with Crippen molar-refractivity contribution in [2.75, 3.05) is 18.4 Å². The summed E-state index contributed by atoms with van der Waals surface area (Å²) in [6.45, 7) is 4.39. The smallest absolute Gasteiger partial charge is 0.254 e. The van der Waals surface area contributed by atoms with E-state index in [4.69, 9.17) is 0 Å². The standard InChI is InChI=1S/C14H19BrN2O2/c1-14(2,19)13(18)17-7-6-12(9-17)16-11-5-3-4-10(15)8-11/h3-5,8,12,16,19H,6-7,9H2,1-2H3/t12-/m1/s1. The summed E-state index contributed by atoms with van der Waals surface area (Å²) in [5, 5.41) is 13.2. The van der Waals surface area contributed by atoms with E-state index in [1.165, 1.54) is 13.8 Å². The van der Waals surface area contributed by atoms with Gasteiger partial charge in [-0.25, -0.2) is 0 Å². The molecule has 0 aliphatic carbocycles. The molecule has 0 bridgehead atoms. The number of benzene rings is 1. The van der Waals surface area contributed by atoms with Crippen LogP contribution >= 0.6 is 15.9 Å². The van der Waals surface area contributed by atoms with E-state index >= 15 is 0 Å². The maximum atomic E-state index is 12.0. The summed E-state index contributed by atoms with van der Waals surface area (Å²) in [5.41, 5.74) is -0.248. The Hall–Kier alpha value is -1.07. The minimum atomic E-state index is -1.29. The van der Waals surface area contributed by atoms with Crippen LogP contribution in [-0.4, -0.2) is 40.6 Å². The Morgan fingerprint density at radius 1 is 1.53 bits per heavy atom. The van der Waals surface area contributed by atoms with Crippen molar-refractivity contribution < 1.29 is 9.90 Å². The number of halogens is 1. The molecule has 0 saturated carbocycles. The summed E-state index contributed by atoms with van der Waals surface area (Å²) in [6, 6.07) is 8.21. The first kappa shape index (κ1) is 14.3. The highest BCUT2D eigenvalue weighted by atomic mass is 79.9. The molecule has 2 rings (SSSR count). The normalized spacial score (nSPS) is 19.6. The third-order valence-electron chi connectivity index (χ3n) is 3.19. The van der Waals surface area contributed by atoms with E-state index in [2.05, 4.69) is 21.2 Å². The zero-order chi connectivity index (χ0) is 14.0. The number of hydrogen-bond donors (Lipinski definition) is 2. The van der Waals surface area contributed by atoms with Gasteiger partial charge in [0.25, 0.3) is 5.91 Å². The van der Waals surface area contributed by atoms with Crippen LogP contribution in [0.2, 0.25) is 0 Å². The molecule has 1 fully saturated rings. The summed E-state index contributed by atoms with van der Waals surface area (Å²) in [7, 11) is 0. The molecule has 0 spiro atoms. The fraction of sp³-hybridized carbons (Fsp3) is 0.500. The van der Waals surface area contributed by atoms with Gasteiger partial charge in [0.2, 0.25) is 0 Å². The Labute approximate surface area is 121 Å². The molecule has 104 valence electrons. The van der Waals surface area contributed by atoms with Crippen LogP contribution in [0.15, 0.2) is 28.7 Å². The molecule has 1 aliphatic rings. The molecule has 1 saturated heterocycles. The van der Waals surface area contributed by atoms with E-state index < -0.39 is 5.60 Å². The Balaban J connectivity index is 1.94. The zero-order valence-electron chi connectivity index (χ0n) is 11.2. The molecule has 0 unspecified atom stereocenters. The Morgan fingerprint density at radius 3 is 2.89 bits per heavy atom. The van der Waals surface area contributed by atoms with E-state index in [9.17, 15) is 9.90 Å². The molecular weight excluding hydrogens is 308 g/mol. The van der Waals surface area contributed by atoms with Crippen LogP contribution in [0.5, 0.6) is 0 Å². The topological polar surface area (TPSA) is 52.6 Å². The van der Waals surface area contributed by atoms with Crippen molar-refractivity contribution in [2.45, 2.75) is 31.9 Å². The van der Waals surface area contributed by atoms with E-state index in [-0.39, 0.29) is 11.9 Å². The summed E-state index contributed by atoms with van der Waals surface area (Å²) >= 11 is 3.44. The lowest BCUT2D eigenvalue weighted by Crippen LogP contribution is -2.44. The lowest BCUT2D eigenvalue weighted by molar-refractivity contribution is -0.146. The third kappa shape index (κ3) is 3.70. The Bertz CT molecular complexity index is 471. The maximum Gasteiger partial charge on any atom is 0.254 e. The van der Waals surface area contributed by atoms with E-state index in [1.807, 2.05) is 24.3 Å². The molecule has 1 heterocycles. The monoisotopic (exact) mass is 326 g/mol. The largest absolute Gasteiger partial charge is 0.381 e. The van der Waals surface area contributed by atoms with Crippen LogP contribution in [0.1, 0.15) is 20.3 Å². The number of anilines is 1. The molecule has 1 aliphatic heterocycles. The minimum Gasteiger partial charge on any atom is -0.381 e. The van der Waals surface area contributed by atoms with Crippen molar-refractivity contribution in [3.8, 4) is 0 Å². The van der Waals surface area contributed by atoms with Crippen molar-refractivity contribution in [1.82, 2.24) is 4.90 Å². The van der Waals surface area contributed by atoms with Gasteiger partial charge >= 0.3 is 0 Å². The van der Waals surface area contributed by atoms with Gasteiger partial charge in [0.05, 0.1) is 0 Å². The van der Waals surface area contributed by atoms with Crippen molar-refractivity contribution in [1.29, 1.82) is 0 Å². The average molecular weight is 327 g/mol. The first-order chi connectivity index (χ1) is 8.86. The van der Waals surface area contributed by atoms with E-state index in [1.54, 1.807) is 4.90 Å². The van der Waals surface area contributed by atoms with Gasteiger partial charge in [-0.05, 0) is 38.5 Å². The Morgan fingerprint density at radius 2 is 2.26 bits per heavy atom. The molecule has 1 atom stereocenters. The SMILES string of the molecule is CC(C)(O)C(=O)N1CC[C@@H](Nc2cccc(Br)c2)C1. The summed E-state index contributed by atoms with van der Waals surface area (Å²) in [4.78, 5) is 13.7. The van der Waals surface area contributed by atoms with Gasteiger partial charge in [-0.15, -0.1) is 0 Å². The number of likely N-dealkylation sites (tertiary alicyclic amines) is 1. The van der Waals surface area contributed by atoms with Crippen molar-refractivity contribution >= 4 is 27.5 Å². The summed E-state index contributed by atoms with van der Waals surface area (Å²) in [6.07, 6.45) is 0.897. The van der Waals surface area contributed by atoms with Crippen LogP contribution in [-0.2, 0) is 4.79 Å². The van der Waals surface area contributed by atoms with Crippen LogP contribution < -0.4 is 5.32 Å². The van der Waals surface area contributed by atoms with Crippen LogP contribution in [0.25, 0.3) is 0 Å². The van der Waals surface area contributed by atoms with Crippen molar-refractivity contribution in [3.63, 3.8) is 0 Å². The highest BCUT2D eigenvalue weighted by Crippen LogP contribution is 2.21. The number of aliphatic hydroxyl groups is 1. The number of amides is 1. The van der Waals surface area contributed by atoms with Gasteiger partial charge in [0.15, 0.2) is 0 Å². The highest BCUT2D eigenvalue weighted by molar-refractivity contribution is 9.10. The number of carbonyl (C=O) groups is 1. The molecule has 4 nitrogen and oxygen atoms in total. The number of nitrogens with one attached hydrogen (secondary N) is 1. The van der Waals surface area contributed by atoms with Gasteiger partial charge in [-0.2, -0.15) is 0 Å². The predicted octanol–water partition coefficient (Wildman–Crippen LogP) is 2.23. The number of carbonyl (C=O) groups excluding carboxylic acids is 1. The third-order valence-corrected chi connectivity index (χ3v) is 3.69. The van der Waals surface area contributed by atoms with Gasteiger partial charge in [-0.1, -0.05) is 22.0 Å². The molecule has 1 amide bonds. The predicted molar refractivity (Wildman–Crippen MR) is 79.0 cm³/mol. The molecule has 0 radical (unpaired) electrons. The average Bonchev–Trinajstić information content (AvgIpc) is 2.75. The second-order valence-electron chi connectivity index (χ2n) is 5.45. The molecule has 0 aromatic heterocycles. The molecule has 1 aromatic rings. The summed E-state index contributed by atoms with van der Waals surface area (Å²) in [5.74, 6) is -0.203. The van der Waals surface area contributed by atoms with Crippen LogP contribution in [0.3, 0.4) is 0 Å². The second kappa shape index (κ2) is 5.51. The molecular formula is C14H19BrN2O2. The highest BCUT2D eigenvalue weighted by Gasteiger charge is 2.34. The number of rotatable bonds is 3. The van der Waals surface area contributed by atoms with Gasteiger partial charge < -0.3 is 15.3 Å². The quantitative estimate of drug-likeness (QED) is 0.895. The Kier molecular flexibility index (Phi) is 4.16. The fourth-order valence-electron chi connectivity index (χ4n) is 2.26. The summed E-state index contributed by atoms with van der Waals surface area (Å²) < 4.78 is 1.03. The lowest BCUT2D eigenvalue weighted by Gasteiger charge is -2.24. The van der Waals surface area contributed by atoms with Gasteiger partial charge in [-0.3, -0.25) is 4.79 Å². The van der Waals surface area contributed by atoms with Gasteiger partial charge in [0.1, 0.15) is 5.60 Å². The van der Waals surface area contributed by atoms with Crippen LogP contribution in [0.4, 0.5) is 5.69 Å². The fourth-order valence-corrected chi connectivity index (χ4v) is 2.66. The lowest BCUT2D eigenvalue weighted by atomic mass is 10.1.